The lowest BCUT2D eigenvalue weighted by molar-refractivity contribution is -0.224. The van der Waals surface area contributed by atoms with Gasteiger partial charge >= 0.3 is 8.80 Å². The Morgan fingerprint density at radius 2 is 1.74 bits per heavy atom. The fourth-order valence-electron chi connectivity index (χ4n) is 3.71. The van der Waals surface area contributed by atoms with E-state index in [2.05, 4.69) is 6.92 Å². The monoisotopic (exact) mass is 338 g/mol. The van der Waals surface area contributed by atoms with Crippen molar-refractivity contribution in [3.8, 4) is 5.75 Å². The van der Waals surface area contributed by atoms with Crippen molar-refractivity contribution in [3.63, 3.8) is 0 Å². The maximum atomic E-state index is 6.24. The number of benzene rings is 1. The van der Waals surface area contributed by atoms with Crippen molar-refractivity contribution in [2.24, 2.45) is 5.92 Å². The van der Waals surface area contributed by atoms with Gasteiger partial charge in [-0.2, -0.15) is 0 Å². The number of hydrogen-bond donors (Lipinski definition) is 0. The lowest BCUT2D eigenvalue weighted by atomic mass is 9.97. The lowest BCUT2D eigenvalue weighted by Crippen LogP contribution is -2.55. The zero-order valence-electron chi connectivity index (χ0n) is 14.4. The standard InChI is InChI=1S/C17H26O5Si/c1-17(14-7-5-6-8-14)21-12-13-11-15(9-10-16(13)22-17)23(18-2,19-3)20-4/h9-11,14H,5-8,12H2,1-4H3. The van der Waals surface area contributed by atoms with Gasteiger partial charge in [0.05, 0.1) is 6.61 Å². The molecule has 0 radical (unpaired) electrons. The first-order valence-corrected chi connectivity index (χ1v) is 9.91. The number of ether oxygens (including phenoxy) is 2. The normalized spacial score (nSPS) is 25.2. The van der Waals surface area contributed by atoms with Crippen LogP contribution in [-0.4, -0.2) is 35.9 Å². The van der Waals surface area contributed by atoms with E-state index in [1.165, 1.54) is 25.7 Å². The highest BCUT2D eigenvalue weighted by Gasteiger charge is 2.44. The van der Waals surface area contributed by atoms with Crippen LogP contribution in [-0.2, 0) is 24.6 Å². The molecule has 1 heterocycles. The van der Waals surface area contributed by atoms with Crippen LogP contribution in [0.2, 0.25) is 0 Å². The van der Waals surface area contributed by atoms with E-state index < -0.39 is 14.6 Å². The van der Waals surface area contributed by atoms with Crippen LogP contribution < -0.4 is 9.92 Å². The van der Waals surface area contributed by atoms with E-state index in [1.807, 2.05) is 18.2 Å². The highest BCUT2D eigenvalue weighted by molar-refractivity contribution is 6.75. The number of rotatable bonds is 5. The summed E-state index contributed by atoms with van der Waals surface area (Å²) in [4.78, 5) is 0. The van der Waals surface area contributed by atoms with Crippen LogP contribution in [0.1, 0.15) is 38.2 Å². The second-order valence-electron chi connectivity index (χ2n) is 6.38. The molecule has 128 valence electrons. The maximum Gasteiger partial charge on any atom is 0.536 e. The molecule has 23 heavy (non-hydrogen) atoms. The first-order chi connectivity index (χ1) is 11.1. The van der Waals surface area contributed by atoms with Crippen molar-refractivity contribution < 1.29 is 22.8 Å². The molecule has 0 N–H and O–H groups in total. The minimum Gasteiger partial charge on any atom is -0.462 e. The Hall–Kier alpha value is -0.923. The van der Waals surface area contributed by atoms with E-state index >= 15 is 0 Å². The third-order valence-corrected chi connectivity index (χ3v) is 7.77. The second kappa shape index (κ2) is 6.53. The van der Waals surface area contributed by atoms with Crippen molar-refractivity contribution in [2.45, 2.75) is 45.0 Å². The SMILES string of the molecule is CO[Si](OC)(OC)c1ccc2c(c1)COC(C)(C1CCCC1)O2. The highest BCUT2D eigenvalue weighted by atomic mass is 28.4. The Balaban J connectivity index is 1.86. The fourth-order valence-corrected chi connectivity index (χ4v) is 5.55. The summed E-state index contributed by atoms with van der Waals surface area (Å²) < 4.78 is 29.0. The summed E-state index contributed by atoms with van der Waals surface area (Å²) in [5, 5.41) is 0.917. The van der Waals surface area contributed by atoms with Crippen LogP contribution in [0.5, 0.6) is 5.75 Å². The molecule has 1 saturated carbocycles. The van der Waals surface area contributed by atoms with Gasteiger partial charge in [0, 0.05) is 44.9 Å². The summed E-state index contributed by atoms with van der Waals surface area (Å²) in [5.41, 5.74) is 1.01. The molecule has 0 spiro atoms. The van der Waals surface area contributed by atoms with Crippen molar-refractivity contribution in [1.82, 2.24) is 0 Å². The van der Waals surface area contributed by atoms with Crippen LogP contribution in [0.3, 0.4) is 0 Å². The molecule has 1 atom stereocenters. The molecular weight excluding hydrogens is 312 g/mol. The van der Waals surface area contributed by atoms with Crippen molar-refractivity contribution in [3.05, 3.63) is 23.8 Å². The van der Waals surface area contributed by atoms with E-state index in [0.717, 1.165) is 16.5 Å². The van der Waals surface area contributed by atoms with Gasteiger partial charge < -0.3 is 22.8 Å². The molecule has 2 aliphatic rings. The third-order valence-electron chi connectivity index (χ3n) is 5.14. The molecule has 0 saturated heterocycles. The van der Waals surface area contributed by atoms with Crippen molar-refractivity contribution in [2.75, 3.05) is 21.3 Å². The van der Waals surface area contributed by atoms with E-state index in [-0.39, 0.29) is 0 Å². The van der Waals surface area contributed by atoms with Crippen LogP contribution in [0.25, 0.3) is 0 Å². The minimum absolute atomic E-state index is 0.473. The predicted molar refractivity (Wildman–Crippen MR) is 88.6 cm³/mol. The smallest absolute Gasteiger partial charge is 0.462 e. The second-order valence-corrected chi connectivity index (χ2v) is 9.29. The quantitative estimate of drug-likeness (QED) is 0.772. The Bertz CT molecular complexity index is 546. The lowest BCUT2D eigenvalue weighted by Gasteiger charge is -2.40. The molecule has 1 aliphatic heterocycles. The molecule has 0 amide bonds. The molecule has 1 aromatic rings. The highest BCUT2D eigenvalue weighted by Crippen LogP contribution is 2.41. The van der Waals surface area contributed by atoms with Gasteiger partial charge in [0.15, 0.2) is 0 Å². The minimum atomic E-state index is -2.83. The molecule has 1 aromatic carbocycles. The first kappa shape index (κ1) is 16.9. The first-order valence-electron chi connectivity index (χ1n) is 8.18. The molecule has 0 bridgehead atoms. The Labute approximate surface area is 139 Å². The summed E-state index contributed by atoms with van der Waals surface area (Å²) in [6, 6.07) is 5.98. The summed E-state index contributed by atoms with van der Waals surface area (Å²) >= 11 is 0. The van der Waals surface area contributed by atoms with Crippen LogP contribution in [0, 0.1) is 5.92 Å². The van der Waals surface area contributed by atoms with Gasteiger partial charge in [0.25, 0.3) is 0 Å². The molecule has 1 fully saturated rings. The third kappa shape index (κ3) is 2.94. The largest absolute Gasteiger partial charge is 0.536 e. The molecule has 5 nitrogen and oxygen atoms in total. The average molecular weight is 338 g/mol. The number of fused-ring (bicyclic) bond motifs is 1. The van der Waals surface area contributed by atoms with Gasteiger partial charge in [-0.15, -0.1) is 0 Å². The molecule has 6 heteroatoms. The van der Waals surface area contributed by atoms with Gasteiger partial charge in [-0.25, -0.2) is 0 Å². The zero-order chi connectivity index (χ0) is 16.5. The van der Waals surface area contributed by atoms with Crippen LogP contribution >= 0.6 is 0 Å². The van der Waals surface area contributed by atoms with Crippen molar-refractivity contribution in [1.29, 1.82) is 0 Å². The van der Waals surface area contributed by atoms with Crippen LogP contribution in [0.15, 0.2) is 18.2 Å². The van der Waals surface area contributed by atoms with E-state index in [1.54, 1.807) is 21.3 Å². The summed E-state index contributed by atoms with van der Waals surface area (Å²) in [5.74, 6) is 0.852. The topological polar surface area (TPSA) is 46.2 Å². The van der Waals surface area contributed by atoms with Crippen LogP contribution in [0.4, 0.5) is 0 Å². The Morgan fingerprint density at radius 1 is 1.09 bits per heavy atom. The molecular formula is C17H26O5Si. The Morgan fingerprint density at radius 3 is 2.35 bits per heavy atom. The zero-order valence-corrected chi connectivity index (χ0v) is 15.4. The van der Waals surface area contributed by atoms with E-state index in [4.69, 9.17) is 22.8 Å². The summed E-state index contributed by atoms with van der Waals surface area (Å²) in [6.45, 7) is 2.61. The van der Waals surface area contributed by atoms with Gasteiger partial charge in [-0.3, -0.25) is 0 Å². The van der Waals surface area contributed by atoms with E-state index in [9.17, 15) is 0 Å². The molecule has 1 aliphatic carbocycles. The fraction of sp³-hybridized carbons (Fsp3) is 0.647. The van der Waals surface area contributed by atoms with Gasteiger partial charge in [0.1, 0.15) is 5.75 Å². The Kier molecular flexibility index (Phi) is 4.80. The van der Waals surface area contributed by atoms with Gasteiger partial charge in [-0.1, -0.05) is 18.9 Å². The molecule has 3 rings (SSSR count). The van der Waals surface area contributed by atoms with Crippen molar-refractivity contribution >= 4 is 14.0 Å². The van der Waals surface area contributed by atoms with E-state index in [0.29, 0.717) is 12.5 Å². The van der Waals surface area contributed by atoms with Gasteiger partial charge in [0.2, 0.25) is 5.79 Å². The maximum absolute atomic E-state index is 6.24. The summed E-state index contributed by atoms with van der Waals surface area (Å²) in [6.07, 6.45) is 4.89. The molecule has 1 unspecified atom stereocenters. The number of hydrogen-bond acceptors (Lipinski definition) is 5. The summed E-state index contributed by atoms with van der Waals surface area (Å²) in [7, 11) is 2.02. The molecule has 0 aromatic heterocycles. The predicted octanol–water partition coefficient (Wildman–Crippen LogP) is 2.59. The van der Waals surface area contributed by atoms with Gasteiger partial charge in [-0.05, 0) is 25.0 Å². The average Bonchev–Trinajstić information content (AvgIpc) is 3.12.